The summed E-state index contributed by atoms with van der Waals surface area (Å²) < 4.78 is 0. The molecule has 3 N–H and O–H groups in total. The molecule has 3 aromatic heterocycles. The molecule has 2 aliphatic rings. The molecule has 47 heavy (non-hydrogen) atoms. The molecule has 224 valence electrons. The SMILES string of the molecule is O=Cc1c2nc(c(-c3ccccc3)c3ccc([nH]3)c(C(=O)Nc3ccccc3)c3nc(c(-c4ccccc4)c4ccc1[nH]4)C=C3)C=C2. The zero-order valence-corrected chi connectivity index (χ0v) is 25.1. The highest BCUT2D eigenvalue weighted by Crippen LogP contribution is 2.34. The van der Waals surface area contributed by atoms with Gasteiger partial charge in [0.05, 0.1) is 44.9 Å². The second kappa shape index (κ2) is 11.7. The monoisotopic (exact) mass is 609 g/mol. The Bertz CT molecular complexity index is 2370. The van der Waals surface area contributed by atoms with Gasteiger partial charge in [-0.3, -0.25) is 9.59 Å². The smallest absolute Gasteiger partial charge is 0.259 e. The van der Waals surface area contributed by atoms with Crippen molar-refractivity contribution >= 4 is 64.3 Å². The van der Waals surface area contributed by atoms with Gasteiger partial charge in [0.25, 0.3) is 5.91 Å². The lowest BCUT2D eigenvalue weighted by molar-refractivity contribution is 0.102. The number of hydrogen-bond donors (Lipinski definition) is 3. The van der Waals surface area contributed by atoms with Crippen LogP contribution in [-0.2, 0) is 0 Å². The van der Waals surface area contributed by atoms with Gasteiger partial charge in [-0.25, -0.2) is 9.97 Å². The molecule has 0 aliphatic carbocycles. The lowest BCUT2D eigenvalue weighted by atomic mass is 10.0. The molecule has 1 amide bonds. The van der Waals surface area contributed by atoms with Crippen molar-refractivity contribution < 1.29 is 9.59 Å². The Balaban J connectivity index is 1.51. The minimum atomic E-state index is -0.293. The predicted molar refractivity (Wildman–Crippen MR) is 190 cm³/mol. The number of anilines is 1. The molecular formula is C40H27N5O2. The minimum Gasteiger partial charge on any atom is -0.354 e. The molecule has 3 aromatic carbocycles. The van der Waals surface area contributed by atoms with Gasteiger partial charge in [-0.05, 0) is 71.8 Å². The largest absolute Gasteiger partial charge is 0.354 e. The molecule has 0 unspecified atom stereocenters. The van der Waals surface area contributed by atoms with Crippen LogP contribution < -0.4 is 5.32 Å². The standard InChI is InChI=1S/C40H27N5O2/c46-24-28-29-16-18-31(42-29)37(25-10-4-1-5-11-25)33-20-22-35(44-33)39(40(47)41-27-14-8-3-9-15-27)36-23-21-34(45-36)38(26-12-6-2-7-13-26)32-19-17-30(28)43-32/h1-24,42,45H,(H,41,47). The number of carbonyl (C=O) groups excluding carboxylic acids is 2. The number of aromatic nitrogens is 4. The second-order valence-corrected chi connectivity index (χ2v) is 11.2. The zero-order chi connectivity index (χ0) is 31.7. The van der Waals surface area contributed by atoms with Gasteiger partial charge in [0.15, 0.2) is 6.29 Å². The van der Waals surface area contributed by atoms with Crippen LogP contribution in [0.25, 0.3) is 68.6 Å². The lowest BCUT2D eigenvalue weighted by Crippen LogP contribution is -2.13. The van der Waals surface area contributed by atoms with E-state index >= 15 is 0 Å². The molecule has 0 radical (unpaired) electrons. The number of benzene rings is 3. The first kappa shape index (κ1) is 27.9. The number of aromatic amines is 2. The van der Waals surface area contributed by atoms with Gasteiger partial charge in [0, 0.05) is 27.8 Å². The van der Waals surface area contributed by atoms with Gasteiger partial charge in [-0.15, -0.1) is 0 Å². The van der Waals surface area contributed by atoms with Crippen LogP contribution in [0.3, 0.4) is 0 Å². The fourth-order valence-electron chi connectivity index (χ4n) is 6.12. The van der Waals surface area contributed by atoms with Crippen molar-refractivity contribution in [2.45, 2.75) is 0 Å². The average Bonchev–Trinajstić information content (AvgIpc) is 3.94. The van der Waals surface area contributed by atoms with Crippen LogP contribution in [0.15, 0.2) is 115 Å². The number of fused-ring (bicyclic) bond motifs is 8. The van der Waals surface area contributed by atoms with E-state index in [1.54, 1.807) is 0 Å². The van der Waals surface area contributed by atoms with E-state index in [1.807, 2.05) is 140 Å². The van der Waals surface area contributed by atoms with Crippen molar-refractivity contribution in [2.24, 2.45) is 0 Å². The van der Waals surface area contributed by atoms with Crippen LogP contribution in [0.1, 0.15) is 43.5 Å². The summed E-state index contributed by atoms with van der Waals surface area (Å²) in [5, 5.41) is 3.06. The number of carbonyl (C=O) groups is 2. The number of para-hydroxylation sites is 1. The average molecular weight is 610 g/mol. The summed E-state index contributed by atoms with van der Waals surface area (Å²) >= 11 is 0. The normalized spacial score (nSPS) is 11.8. The fraction of sp³-hybridized carbons (Fsp3) is 0. The Morgan fingerprint density at radius 2 is 1.00 bits per heavy atom. The minimum absolute atomic E-state index is 0.293. The number of nitrogens with zero attached hydrogens (tertiary/aromatic N) is 2. The maximum absolute atomic E-state index is 14.1. The van der Waals surface area contributed by atoms with E-state index in [-0.39, 0.29) is 5.91 Å². The first-order chi connectivity index (χ1) is 23.2. The maximum Gasteiger partial charge on any atom is 0.259 e. The van der Waals surface area contributed by atoms with E-state index in [0.29, 0.717) is 50.6 Å². The van der Waals surface area contributed by atoms with E-state index in [0.717, 1.165) is 39.6 Å². The van der Waals surface area contributed by atoms with Crippen molar-refractivity contribution in [3.8, 4) is 22.3 Å². The van der Waals surface area contributed by atoms with E-state index < -0.39 is 0 Å². The Labute approximate surface area is 270 Å². The predicted octanol–water partition coefficient (Wildman–Crippen LogP) is 9.05. The van der Waals surface area contributed by atoms with Crippen LogP contribution in [-0.4, -0.2) is 32.1 Å². The molecule has 7 nitrogen and oxygen atoms in total. The van der Waals surface area contributed by atoms with Crippen LogP contribution in [0.4, 0.5) is 5.69 Å². The van der Waals surface area contributed by atoms with Gasteiger partial charge >= 0.3 is 0 Å². The highest BCUT2D eigenvalue weighted by atomic mass is 16.1. The van der Waals surface area contributed by atoms with Crippen LogP contribution in [0.5, 0.6) is 0 Å². The van der Waals surface area contributed by atoms with E-state index in [1.165, 1.54) is 0 Å². The third-order valence-electron chi connectivity index (χ3n) is 8.30. The second-order valence-electron chi connectivity index (χ2n) is 11.2. The Morgan fingerprint density at radius 1 is 0.532 bits per heavy atom. The van der Waals surface area contributed by atoms with Crippen molar-refractivity contribution in [1.29, 1.82) is 0 Å². The summed E-state index contributed by atoms with van der Waals surface area (Å²) in [5.74, 6) is -0.293. The van der Waals surface area contributed by atoms with Gasteiger partial charge in [0.1, 0.15) is 0 Å². The molecule has 0 atom stereocenters. The molecule has 2 aliphatic heterocycles. The van der Waals surface area contributed by atoms with Crippen molar-refractivity contribution in [2.75, 3.05) is 5.32 Å². The third-order valence-corrected chi connectivity index (χ3v) is 8.30. The van der Waals surface area contributed by atoms with Crippen molar-refractivity contribution in [3.05, 3.63) is 149 Å². The molecule has 0 fully saturated rings. The molecule has 6 aromatic rings. The zero-order valence-electron chi connectivity index (χ0n) is 25.1. The summed E-state index contributed by atoms with van der Waals surface area (Å²) in [4.78, 5) is 43.7. The first-order valence-corrected chi connectivity index (χ1v) is 15.2. The summed E-state index contributed by atoms with van der Waals surface area (Å²) in [5.41, 5.74) is 10.3. The first-order valence-electron chi connectivity index (χ1n) is 15.2. The number of aldehydes is 1. The van der Waals surface area contributed by atoms with Crippen LogP contribution in [0.2, 0.25) is 0 Å². The number of rotatable bonds is 5. The summed E-state index contributed by atoms with van der Waals surface area (Å²) in [6.07, 6.45) is 8.42. The lowest BCUT2D eigenvalue weighted by Gasteiger charge is -2.07. The van der Waals surface area contributed by atoms with Gasteiger partial charge in [-0.2, -0.15) is 0 Å². The fourth-order valence-corrected chi connectivity index (χ4v) is 6.12. The van der Waals surface area contributed by atoms with Crippen LogP contribution in [0, 0.1) is 0 Å². The highest BCUT2D eigenvalue weighted by Gasteiger charge is 2.20. The molecule has 5 heterocycles. The van der Waals surface area contributed by atoms with Crippen LogP contribution >= 0.6 is 0 Å². The summed E-state index contributed by atoms with van der Waals surface area (Å²) in [7, 11) is 0. The summed E-state index contributed by atoms with van der Waals surface area (Å²) in [6, 6.07) is 36.9. The maximum atomic E-state index is 14.1. The quantitative estimate of drug-likeness (QED) is 0.169. The molecule has 0 spiro atoms. The van der Waals surface area contributed by atoms with E-state index in [2.05, 4.69) is 15.3 Å². The topological polar surface area (TPSA) is 104 Å². The molecule has 8 rings (SSSR count). The molecule has 0 saturated heterocycles. The highest BCUT2D eigenvalue weighted by molar-refractivity contribution is 6.12. The molecular weight excluding hydrogens is 582 g/mol. The van der Waals surface area contributed by atoms with Gasteiger partial charge < -0.3 is 15.3 Å². The van der Waals surface area contributed by atoms with E-state index in [4.69, 9.17) is 9.97 Å². The Kier molecular flexibility index (Phi) is 6.96. The number of hydrogen-bond acceptors (Lipinski definition) is 4. The number of amides is 1. The molecule has 0 saturated carbocycles. The number of nitrogens with one attached hydrogen (secondary N) is 3. The van der Waals surface area contributed by atoms with Gasteiger partial charge in [-0.1, -0.05) is 78.9 Å². The Morgan fingerprint density at radius 3 is 1.60 bits per heavy atom. The number of H-pyrrole nitrogens is 2. The summed E-state index contributed by atoms with van der Waals surface area (Å²) in [6.45, 7) is 0. The van der Waals surface area contributed by atoms with E-state index in [9.17, 15) is 9.59 Å². The molecule has 7 heteroatoms. The molecule has 8 bridgehead atoms. The van der Waals surface area contributed by atoms with Crippen molar-refractivity contribution in [3.63, 3.8) is 0 Å². The van der Waals surface area contributed by atoms with Crippen molar-refractivity contribution in [1.82, 2.24) is 19.9 Å². The Hall–Kier alpha value is -6.60. The third kappa shape index (κ3) is 5.15. The van der Waals surface area contributed by atoms with Gasteiger partial charge in [0.2, 0.25) is 0 Å².